The number of fused-ring (bicyclic) bond motifs is 1. The Morgan fingerprint density at radius 3 is 2.80 bits per heavy atom. The van der Waals surface area contributed by atoms with Crippen LogP contribution in [0.5, 0.6) is 11.5 Å². The van der Waals surface area contributed by atoms with Crippen molar-refractivity contribution in [3.63, 3.8) is 0 Å². The number of anilines is 1. The zero-order chi connectivity index (χ0) is 17.2. The molecule has 25 heavy (non-hydrogen) atoms. The summed E-state index contributed by atoms with van der Waals surface area (Å²) < 4.78 is 10.7. The second-order valence-corrected chi connectivity index (χ2v) is 6.49. The normalized spacial score (nSPS) is 20.4. The van der Waals surface area contributed by atoms with Gasteiger partial charge in [-0.3, -0.25) is 4.90 Å². The maximum absolute atomic E-state index is 5.39. The molecule has 7 nitrogen and oxygen atoms in total. The molecule has 1 unspecified atom stereocenters. The van der Waals surface area contributed by atoms with Crippen molar-refractivity contribution in [2.75, 3.05) is 45.3 Å². The lowest BCUT2D eigenvalue weighted by Crippen LogP contribution is -2.50. The average Bonchev–Trinajstić information content (AvgIpc) is 3.15. The summed E-state index contributed by atoms with van der Waals surface area (Å²) in [6, 6.07) is 6.39. The van der Waals surface area contributed by atoms with Gasteiger partial charge in [0, 0.05) is 31.2 Å². The highest BCUT2D eigenvalue weighted by Crippen LogP contribution is 2.32. The molecule has 0 N–H and O–H groups in total. The fourth-order valence-corrected chi connectivity index (χ4v) is 3.74. The standard InChI is InChI=1S/C18H23N5O2/c1-24-16-6-5-13(10-17(16)25-2)15-11-19-21-18(20-15)23-9-8-22-7-3-4-14(22)12-23/h5-6,10-11,14H,3-4,7-9,12H2,1-2H3. The first-order valence-corrected chi connectivity index (χ1v) is 8.69. The molecule has 4 rings (SSSR count). The van der Waals surface area contributed by atoms with Crippen LogP contribution in [0, 0.1) is 0 Å². The summed E-state index contributed by atoms with van der Waals surface area (Å²) >= 11 is 0. The highest BCUT2D eigenvalue weighted by atomic mass is 16.5. The molecule has 132 valence electrons. The van der Waals surface area contributed by atoms with E-state index in [0.29, 0.717) is 23.5 Å². The van der Waals surface area contributed by atoms with E-state index in [1.807, 2.05) is 18.2 Å². The van der Waals surface area contributed by atoms with Gasteiger partial charge >= 0.3 is 0 Å². The van der Waals surface area contributed by atoms with Gasteiger partial charge in [-0.25, -0.2) is 4.98 Å². The zero-order valence-corrected chi connectivity index (χ0v) is 14.7. The van der Waals surface area contributed by atoms with Crippen LogP contribution in [0.25, 0.3) is 11.3 Å². The molecular weight excluding hydrogens is 318 g/mol. The SMILES string of the molecule is COc1ccc(-c2cnnc(N3CCN4CCCC4C3)n2)cc1OC. The number of nitrogens with zero attached hydrogens (tertiary/aromatic N) is 5. The van der Waals surface area contributed by atoms with E-state index in [9.17, 15) is 0 Å². The van der Waals surface area contributed by atoms with E-state index in [1.165, 1.54) is 19.4 Å². The maximum Gasteiger partial charge on any atom is 0.246 e. The van der Waals surface area contributed by atoms with Gasteiger partial charge in [-0.05, 0) is 37.6 Å². The number of hydrogen-bond donors (Lipinski definition) is 0. The van der Waals surface area contributed by atoms with Crippen LogP contribution in [-0.2, 0) is 0 Å². The molecule has 2 aliphatic rings. The van der Waals surface area contributed by atoms with Crippen molar-refractivity contribution in [1.82, 2.24) is 20.1 Å². The Balaban J connectivity index is 1.59. The van der Waals surface area contributed by atoms with Crippen molar-refractivity contribution in [1.29, 1.82) is 0 Å². The van der Waals surface area contributed by atoms with Crippen LogP contribution in [0.3, 0.4) is 0 Å². The Bertz CT molecular complexity index is 754. The lowest BCUT2D eigenvalue weighted by atomic mass is 10.1. The molecule has 0 aliphatic carbocycles. The van der Waals surface area contributed by atoms with Gasteiger partial charge in [0.05, 0.1) is 26.1 Å². The van der Waals surface area contributed by atoms with Gasteiger partial charge in [0.2, 0.25) is 5.95 Å². The van der Waals surface area contributed by atoms with E-state index < -0.39 is 0 Å². The van der Waals surface area contributed by atoms with Crippen molar-refractivity contribution >= 4 is 5.95 Å². The van der Waals surface area contributed by atoms with Gasteiger partial charge in [-0.2, -0.15) is 5.10 Å². The van der Waals surface area contributed by atoms with Crippen molar-refractivity contribution < 1.29 is 9.47 Å². The van der Waals surface area contributed by atoms with Crippen LogP contribution in [0.15, 0.2) is 24.4 Å². The van der Waals surface area contributed by atoms with E-state index in [0.717, 1.165) is 30.9 Å². The first-order chi connectivity index (χ1) is 12.3. The number of aromatic nitrogens is 3. The van der Waals surface area contributed by atoms with Gasteiger partial charge in [0.15, 0.2) is 11.5 Å². The number of methoxy groups -OCH3 is 2. The zero-order valence-electron chi connectivity index (χ0n) is 14.7. The minimum atomic E-state index is 0.627. The third kappa shape index (κ3) is 3.11. The molecule has 0 bridgehead atoms. The van der Waals surface area contributed by atoms with Gasteiger partial charge < -0.3 is 14.4 Å². The topological polar surface area (TPSA) is 63.6 Å². The molecular formula is C18H23N5O2. The second-order valence-electron chi connectivity index (χ2n) is 6.49. The Morgan fingerprint density at radius 2 is 1.96 bits per heavy atom. The molecule has 0 radical (unpaired) electrons. The number of benzene rings is 1. The first kappa shape index (κ1) is 16.1. The summed E-state index contributed by atoms with van der Waals surface area (Å²) in [5.74, 6) is 2.09. The Hall–Kier alpha value is -2.41. The Labute approximate surface area is 147 Å². The highest BCUT2D eigenvalue weighted by Gasteiger charge is 2.31. The van der Waals surface area contributed by atoms with Gasteiger partial charge in [0.25, 0.3) is 0 Å². The van der Waals surface area contributed by atoms with Crippen LogP contribution < -0.4 is 14.4 Å². The maximum atomic E-state index is 5.39. The summed E-state index contributed by atoms with van der Waals surface area (Å²) in [6.45, 7) is 4.24. The van der Waals surface area contributed by atoms with E-state index in [-0.39, 0.29) is 0 Å². The van der Waals surface area contributed by atoms with E-state index in [1.54, 1.807) is 20.4 Å². The van der Waals surface area contributed by atoms with Crippen molar-refractivity contribution in [3.8, 4) is 22.8 Å². The smallest absolute Gasteiger partial charge is 0.246 e. The van der Waals surface area contributed by atoms with E-state index in [2.05, 4.69) is 20.0 Å². The van der Waals surface area contributed by atoms with E-state index >= 15 is 0 Å². The predicted molar refractivity (Wildman–Crippen MR) is 95.2 cm³/mol. The molecule has 0 spiro atoms. The molecule has 2 aliphatic heterocycles. The summed E-state index contributed by atoms with van der Waals surface area (Å²) in [4.78, 5) is 9.57. The largest absolute Gasteiger partial charge is 0.493 e. The first-order valence-electron chi connectivity index (χ1n) is 8.69. The quantitative estimate of drug-likeness (QED) is 0.841. The van der Waals surface area contributed by atoms with Crippen LogP contribution in [0.4, 0.5) is 5.95 Å². The number of hydrogen-bond acceptors (Lipinski definition) is 7. The molecule has 7 heteroatoms. The lowest BCUT2D eigenvalue weighted by Gasteiger charge is -2.37. The summed E-state index contributed by atoms with van der Waals surface area (Å²) in [6.07, 6.45) is 4.25. The van der Waals surface area contributed by atoms with Crippen LogP contribution in [0.2, 0.25) is 0 Å². The van der Waals surface area contributed by atoms with Gasteiger partial charge in [-0.15, -0.1) is 5.10 Å². The average molecular weight is 341 g/mol. The van der Waals surface area contributed by atoms with Gasteiger partial charge in [0.1, 0.15) is 0 Å². The lowest BCUT2D eigenvalue weighted by molar-refractivity contribution is 0.229. The number of piperazine rings is 1. The number of ether oxygens (including phenoxy) is 2. The predicted octanol–water partition coefficient (Wildman–Crippen LogP) is 1.84. The fourth-order valence-electron chi connectivity index (χ4n) is 3.74. The minimum Gasteiger partial charge on any atom is -0.493 e. The summed E-state index contributed by atoms with van der Waals surface area (Å²) in [7, 11) is 3.26. The number of rotatable bonds is 4. The Kier molecular flexibility index (Phi) is 4.40. The third-order valence-corrected chi connectivity index (χ3v) is 5.10. The molecule has 0 saturated carbocycles. The summed E-state index contributed by atoms with van der Waals surface area (Å²) in [5, 5.41) is 8.45. The third-order valence-electron chi connectivity index (χ3n) is 5.10. The molecule has 1 aromatic heterocycles. The molecule has 2 saturated heterocycles. The van der Waals surface area contributed by atoms with E-state index in [4.69, 9.17) is 14.5 Å². The van der Waals surface area contributed by atoms with Crippen molar-refractivity contribution in [2.45, 2.75) is 18.9 Å². The minimum absolute atomic E-state index is 0.627. The molecule has 2 aromatic rings. The van der Waals surface area contributed by atoms with Crippen LogP contribution >= 0.6 is 0 Å². The van der Waals surface area contributed by atoms with Crippen LogP contribution in [-0.4, -0.2) is 66.5 Å². The van der Waals surface area contributed by atoms with Crippen molar-refractivity contribution in [3.05, 3.63) is 24.4 Å². The molecule has 1 aromatic carbocycles. The highest BCUT2D eigenvalue weighted by molar-refractivity contribution is 5.64. The van der Waals surface area contributed by atoms with Gasteiger partial charge in [-0.1, -0.05) is 0 Å². The molecule has 3 heterocycles. The van der Waals surface area contributed by atoms with Crippen LogP contribution in [0.1, 0.15) is 12.8 Å². The molecule has 1 atom stereocenters. The summed E-state index contributed by atoms with van der Waals surface area (Å²) in [5.41, 5.74) is 1.73. The molecule has 2 fully saturated rings. The fraction of sp³-hybridized carbons (Fsp3) is 0.500. The monoisotopic (exact) mass is 341 g/mol. The van der Waals surface area contributed by atoms with Crippen molar-refractivity contribution in [2.24, 2.45) is 0 Å². The molecule has 0 amide bonds. The second kappa shape index (κ2) is 6.84. The Morgan fingerprint density at radius 1 is 1.08 bits per heavy atom.